The molecule has 25 heavy (non-hydrogen) atoms. The first-order valence-electron chi connectivity index (χ1n) is 9.94. The zero-order valence-electron chi connectivity index (χ0n) is 16.6. The van der Waals surface area contributed by atoms with Gasteiger partial charge in [-0.25, -0.2) is 0 Å². The SMILES string of the molecule is CC(=O)OC[C@@H]1C(C=O)=CC[C@@H]2[C@@]1(C)CC[C@@H]1C(C)(C)CCC[C@]21C. The Morgan fingerprint density at radius 3 is 2.52 bits per heavy atom. The average molecular weight is 347 g/mol. The fraction of sp³-hybridized carbons (Fsp3) is 0.818. The maximum absolute atomic E-state index is 11.7. The molecule has 140 valence electrons. The topological polar surface area (TPSA) is 43.4 Å². The number of aldehydes is 1. The standard InChI is InChI=1S/C22H34O3/c1-15(24)25-14-17-16(13-23)7-8-19-21(17,4)12-9-18-20(2,3)10-6-11-22(18,19)5/h7,13,17-19H,6,8-12,14H2,1-5H3/t17-,18-,19-,21+,22+/m1/s1. The number of esters is 1. The molecule has 2 fully saturated rings. The second-order valence-electron chi connectivity index (χ2n) is 9.91. The van der Waals surface area contributed by atoms with E-state index in [9.17, 15) is 9.59 Å². The Balaban J connectivity index is 1.98. The van der Waals surface area contributed by atoms with Gasteiger partial charge in [0.05, 0.1) is 6.61 Å². The van der Waals surface area contributed by atoms with Gasteiger partial charge in [0.1, 0.15) is 6.29 Å². The number of hydrogen-bond donors (Lipinski definition) is 0. The van der Waals surface area contributed by atoms with Gasteiger partial charge in [-0.15, -0.1) is 0 Å². The normalized spacial score (nSPS) is 42.6. The third-order valence-electron chi connectivity index (χ3n) is 8.22. The Kier molecular flexibility index (Phi) is 4.66. The van der Waals surface area contributed by atoms with Crippen LogP contribution < -0.4 is 0 Å². The van der Waals surface area contributed by atoms with Crippen LogP contribution in [0.15, 0.2) is 11.6 Å². The summed E-state index contributed by atoms with van der Waals surface area (Å²) in [5.74, 6) is 1.08. The number of rotatable bonds is 3. The lowest BCUT2D eigenvalue weighted by Crippen LogP contribution is -2.58. The third kappa shape index (κ3) is 2.88. The summed E-state index contributed by atoms with van der Waals surface area (Å²) in [6.45, 7) is 11.5. The van der Waals surface area contributed by atoms with Gasteiger partial charge >= 0.3 is 5.97 Å². The molecule has 0 radical (unpaired) electrons. The lowest BCUT2D eigenvalue weighted by molar-refractivity contribution is -0.160. The van der Waals surface area contributed by atoms with Crippen LogP contribution in [0.5, 0.6) is 0 Å². The minimum atomic E-state index is -0.255. The Labute approximate surface area is 152 Å². The van der Waals surface area contributed by atoms with E-state index in [0.717, 1.165) is 30.6 Å². The van der Waals surface area contributed by atoms with Crippen molar-refractivity contribution in [2.45, 2.75) is 73.1 Å². The highest BCUT2D eigenvalue weighted by atomic mass is 16.5. The Morgan fingerprint density at radius 2 is 1.88 bits per heavy atom. The highest BCUT2D eigenvalue weighted by Crippen LogP contribution is 2.68. The molecule has 0 heterocycles. The summed E-state index contributed by atoms with van der Waals surface area (Å²) in [5.41, 5.74) is 1.60. The van der Waals surface area contributed by atoms with Crippen molar-refractivity contribution in [3.05, 3.63) is 11.6 Å². The molecule has 0 saturated heterocycles. The smallest absolute Gasteiger partial charge is 0.302 e. The minimum Gasteiger partial charge on any atom is -0.465 e. The van der Waals surface area contributed by atoms with Gasteiger partial charge < -0.3 is 4.74 Å². The summed E-state index contributed by atoms with van der Waals surface area (Å²) >= 11 is 0. The number of allylic oxidation sites excluding steroid dienone is 1. The van der Waals surface area contributed by atoms with Crippen LogP contribution in [-0.2, 0) is 14.3 Å². The molecular formula is C22H34O3. The molecule has 0 spiro atoms. The van der Waals surface area contributed by atoms with Crippen molar-refractivity contribution >= 4 is 12.3 Å². The molecule has 3 aliphatic carbocycles. The molecule has 3 heteroatoms. The van der Waals surface area contributed by atoms with Crippen LogP contribution in [0.25, 0.3) is 0 Å². The summed E-state index contributed by atoms with van der Waals surface area (Å²) in [7, 11) is 0. The van der Waals surface area contributed by atoms with Crippen molar-refractivity contribution in [3.8, 4) is 0 Å². The molecule has 0 bridgehead atoms. The highest BCUT2D eigenvalue weighted by Gasteiger charge is 2.61. The third-order valence-corrected chi connectivity index (χ3v) is 8.22. The van der Waals surface area contributed by atoms with Gasteiger partial charge in [0.15, 0.2) is 0 Å². The van der Waals surface area contributed by atoms with Gasteiger partial charge in [-0.2, -0.15) is 0 Å². The van der Waals surface area contributed by atoms with Gasteiger partial charge in [0, 0.05) is 12.8 Å². The second kappa shape index (κ2) is 6.25. The Bertz CT molecular complexity index is 590. The molecule has 0 N–H and O–H groups in total. The minimum absolute atomic E-state index is 0.0375. The van der Waals surface area contributed by atoms with E-state index in [1.165, 1.54) is 32.6 Å². The lowest BCUT2D eigenvalue weighted by Gasteiger charge is -2.65. The van der Waals surface area contributed by atoms with Crippen molar-refractivity contribution < 1.29 is 14.3 Å². The molecule has 0 aromatic heterocycles. The summed E-state index contributed by atoms with van der Waals surface area (Å²) in [6.07, 6.45) is 10.4. The first kappa shape index (κ1) is 18.7. The fourth-order valence-corrected chi connectivity index (χ4v) is 7.04. The van der Waals surface area contributed by atoms with Gasteiger partial charge in [-0.05, 0) is 65.8 Å². The van der Waals surface area contributed by atoms with Gasteiger partial charge in [0.25, 0.3) is 0 Å². The van der Waals surface area contributed by atoms with Crippen LogP contribution in [0.2, 0.25) is 0 Å². The molecule has 0 aromatic rings. The number of carbonyl (C=O) groups is 2. The molecule has 3 nitrogen and oxygen atoms in total. The first-order chi connectivity index (χ1) is 11.6. The van der Waals surface area contributed by atoms with E-state index in [1.54, 1.807) is 0 Å². The molecule has 0 unspecified atom stereocenters. The van der Waals surface area contributed by atoms with Crippen molar-refractivity contribution in [1.82, 2.24) is 0 Å². The quantitative estimate of drug-likeness (QED) is 0.537. The highest BCUT2D eigenvalue weighted by molar-refractivity contribution is 5.75. The predicted molar refractivity (Wildman–Crippen MR) is 98.9 cm³/mol. The average Bonchev–Trinajstić information content (AvgIpc) is 2.51. The van der Waals surface area contributed by atoms with E-state index in [-0.39, 0.29) is 17.3 Å². The van der Waals surface area contributed by atoms with E-state index in [0.29, 0.717) is 23.4 Å². The molecule has 5 atom stereocenters. The second-order valence-corrected chi connectivity index (χ2v) is 9.91. The van der Waals surface area contributed by atoms with E-state index in [2.05, 4.69) is 33.8 Å². The van der Waals surface area contributed by atoms with Crippen LogP contribution in [0.1, 0.15) is 73.1 Å². The van der Waals surface area contributed by atoms with Crippen LogP contribution in [0.4, 0.5) is 0 Å². The zero-order chi connectivity index (χ0) is 18.5. The maximum Gasteiger partial charge on any atom is 0.302 e. The van der Waals surface area contributed by atoms with Crippen LogP contribution in [0.3, 0.4) is 0 Å². The fourth-order valence-electron chi connectivity index (χ4n) is 7.04. The summed E-state index contributed by atoms with van der Waals surface area (Å²) in [6, 6.07) is 0. The number of carbonyl (C=O) groups excluding carboxylic acids is 2. The van der Waals surface area contributed by atoms with Crippen LogP contribution in [-0.4, -0.2) is 18.9 Å². The van der Waals surface area contributed by atoms with Crippen molar-refractivity contribution in [2.75, 3.05) is 6.61 Å². The van der Waals surface area contributed by atoms with E-state index in [4.69, 9.17) is 4.74 Å². The van der Waals surface area contributed by atoms with Gasteiger partial charge in [-0.1, -0.05) is 40.2 Å². The summed E-state index contributed by atoms with van der Waals surface area (Å²) in [5, 5.41) is 0. The van der Waals surface area contributed by atoms with E-state index >= 15 is 0 Å². The van der Waals surface area contributed by atoms with Crippen molar-refractivity contribution in [2.24, 2.45) is 34.0 Å². The van der Waals surface area contributed by atoms with Gasteiger partial charge in [-0.3, -0.25) is 9.59 Å². The molecule has 0 aromatic carbocycles. The Hall–Kier alpha value is -1.12. The monoisotopic (exact) mass is 346 g/mol. The van der Waals surface area contributed by atoms with Gasteiger partial charge in [0.2, 0.25) is 0 Å². The Morgan fingerprint density at radius 1 is 1.16 bits per heavy atom. The first-order valence-corrected chi connectivity index (χ1v) is 9.94. The van der Waals surface area contributed by atoms with E-state index < -0.39 is 0 Å². The molecular weight excluding hydrogens is 312 g/mol. The van der Waals surface area contributed by atoms with Crippen LogP contribution >= 0.6 is 0 Å². The zero-order valence-corrected chi connectivity index (χ0v) is 16.6. The molecule has 3 rings (SSSR count). The molecule has 3 aliphatic rings. The van der Waals surface area contributed by atoms with Crippen molar-refractivity contribution in [3.63, 3.8) is 0 Å². The van der Waals surface area contributed by atoms with Crippen LogP contribution in [0, 0.1) is 34.0 Å². The lowest BCUT2D eigenvalue weighted by atomic mass is 9.40. The maximum atomic E-state index is 11.7. The number of hydrogen-bond acceptors (Lipinski definition) is 3. The predicted octanol–water partition coefficient (Wildman–Crippen LogP) is 4.94. The summed E-state index contributed by atoms with van der Waals surface area (Å²) in [4.78, 5) is 23.1. The van der Waals surface area contributed by atoms with Crippen molar-refractivity contribution in [1.29, 1.82) is 0 Å². The van der Waals surface area contributed by atoms with E-state index in [1.807, 2.05) is 0 Å². The number of ether oxygens (including phenoxy) is 1. The molecule has 0 aliphatic heterocycles. The summed E-state index contributed by atoms with van der Waals surface area (Å²) < 4.78 is 5.40. The molecule has 0 amide bonds. The number of fused-ring (bicyclic) bond motifs is 3. The molecule has 2 saturated carbocycles. The largest absolute Gasteiger partial charge is 0.465 e.